The van der Waals surface area contributed by atoms with Gasteiger partial charge in [-0.15, -0.1) is 11.8 Å². The molecular formula is C35H28ClN3O2S2. The molecule has 2 heterocycles. The molecule has 0 N–H and O–H groups in total. The standard InChI is InChI=1S/C35H28ClN3O2S2/c1-23-12-15-28(20-24(23)2)39-34(41)31(33(40)38(35(39)42)27-8-4-3-5-9-27)21-25-22-37(32-11-7-6-10-30(25)32)18-19-43-29-16-13-26(36)14-17-29/h3-17,20-22H,18-19H2,1-2H3/b31-21-. The van der Waals surface area contributed by atoms with Crippen molar-refractivity contribution in [3.63, 3.8) is 0 Å². The lowest BCUT2D eigenvalue weighted by molar-refractivity contribution is -0.120. The lowest BCUT2D eigenvalue weighted by Crippen LogP contribution is -2.57. The summed E-state index contributed by atoms with van der Waals surface area (Å²) >= 11 is 13.6. The maximum atomic E-state index is 14.1. The zero-order chi connectivity index (χ0) is 30.1. The van der Waals surface area contributed by atoms with Crippen LogP contribution in [0.25, 0.3) is 17.0 Å². The van der Waals surface area contributed by atoms with Crippen LogP contribution in [0, 0.1) is 13.8 Å². The summed E-state index contributed by atoms with van der Waals surface area (Å²) in [5.74, 6) is -0.0536. The highest BCUT2D eigenvalue weighted by Crippen LogP contribution is 2.32. The van der Waals surface area contributed by atoms with Crippen LogP contribution in [-0.4, -0.2) is 27.2 Å². The number of amides is 2. The fourth-order valence-electron chi connectivity index (χ4n) is 5.15. The van der Waals surface area contributed by atoms with E-state index < -0.39 is 11.8 Å². The van der Waals surface area contributed by atoms with Crippen LogP contribution in [0.1, 0.15) is 16.7 Å². The van der Waals surface area contributed by atoms with E-state index in [0.717, 1.165) is 44.8 Å². The van der Waals surface area contributed by atoms with Crippen LogP contribution in [0.5, 0.6) is 0 Å². The molecule has 0 aliphatic carbocycles. The van der Waals surface area contributed by atoms with Gasteiger partial charge in [0.25, 0.3) is 11.8 Å². The monoisotopic (exact) mass is 621 g/mol. The Hall–Kier alpha value is -4.17. The topological polar surface area (TPSA) is 45.6 Å². The third kappa shape index (κ3) is 5.76. The summed E-state index contributed by atoms with van der Waals surface area (Å²) in [6.07, 6.45) is 3.72. The van der Waals surface area contributed by atoms with Crippen molar-refractivity contribution in [2.24, 2.45) is 0 Å². The first-order chi connectivity index (χ1) is 20.8. The summed E-state index contributed by atoms with van der Waals surface area (Å²) in [5.41, 5.74) is 5.24. The molecule has 0 unspecified atom stereocenters. The number of aryl methyl sites for hydroxylation is 3. The molecule has 4 aromatic carbocycles. The first kappa shape index (κ1) is 28.9. The SMILES string of the molecule is Cc1ccc(N2C(=O)/C(=C\c3cn(CCSc4ccc(Cl)cc4)c4ccccc34)C(=O)N(c3ccccc3)C2=S)cc1C. The van der Waals surface area contributed by atoms with Crippen molar-refractivity contribution in [2.75, 3.05) is 15.6 Å². The van der Waals surface area contributed by atoms with Crippen molar-refractivity contribution in [1.82, 2.24) is 4.57 Å². The molecule has 1 saturated heterocycles. The fourth-order valence-corrected chi connectivity index (χ4v) is 6.50. The zero-order valence-corrected chi connectivity index (χ0v) is 26.0. The van der Waals surface area contributed by atoms with Gasteiger partial charge in [-0.05, 0) is 97.9 Å². The number of thiocarbonyl (C=S) groups is 1. The quantitative estimate of drug-likeness (QED) is 0.0792. The molecule has 0 bridgehead atoms. The normalized spacial score (nSPS) is 14.8. The van der Waals surface area contributed by atoms with Gasteiger partial charge in [-0.2, -0.15) is 0 Å². The number of para-hydroxylation sites is 2. The number of benzene rings is 4. The molecule has 43 heavy (non-hydrogen) atoms. The number of fused-ring (bicyclic) bond motifs is 1. The van der Waals surface area contributed by atoms with Crippen LogP contribution >= 0.6 is 35.6 Å². The van der Waals surface area contributed by atoms with Gasteiger partial charge in [0.1, 0.15) is 5.57 Å². The van der Waals surface area contributed by atoms with Crippen LogP contribution in [0.15, 0.2) is 114 Å². The van der Waals surface area contributed by atoms with Gasteiger partial charge in [0, 0.05) is 44.9 Å². The molecule has 1 aromatic heterocycles. The molecule has 0 radical (unpaired) electrons. The Kier molecular flexibility index (Phi) is 8.21. The minimum Gasteiger partial charge on any atom is -0.346 e. The second-order valence-corrected chi connectivity index (χ2v) is 12.3. The van der Waals surface area contributed by atoms with Gasteiger partial charge in [0.15, 0.2) is 5.11 Å². The van der Waals surface area contributed by atoms with E-state index in [4.69, 9.17) is 23.8 Å². The number of hydrogen-bond acceptors (Lipinski definition) is 4. The van der Waals surface area contributed by atoms with E-state index >= 15 is 0 Å². The molecule has 1 aliphatic heterocycles. The molecule has 8 heteroatoms. The van der Waals surface area contributed by atoms with Crippen molar-refractivity contribution in [2.45, 2.75) is 25.3 Å². The van der Waals surface area contributed by atoms with Crippen LogP contribution in [0.2, 0.25) is 5.02 Å². The number of anilines is 2. The summed E-state index contributed by atoms with van der Waals surface area (Å²) in [7, 11) is 0. The second kappa shape index (κ2) is 12.2. The van der Waals surface area contributed by atoms with Crippen molar-refractivity contribution in [3.8, 4) is 0 Å². The minimum atomic E-state index is -0.448. The highest BCUT2D eigenvalue weighted by Gasteiger charge is 2.41. The maximum Gasteiger partial charge on any atom is 0.270 e. The largest absolute Gasteiger partial charge is 0.346 e. The summed E-state index contributed by atoms with van der Waals surface area (Å²) < 4.78 is 2.17. The van der Waals surface area contributed by atoms with Crippen molar-refractivity contribution >= 4 is 80.9 Å². The maximum absolute atomic E-state index is 14.1. The average molecular weight is 622 g/mol. The predicted octanol–water partition coefficient (Wildman–Crippen LogP) is 8.45. The Morgan fingerprint density at radius 1 is 0.791 bits per heavy atom. The Bertz CT molecular complexity index is 1900. The van der Waals surface area contributed by atoms with E-state index in [1.165, 1.54) is 9.80 Å². The van der Waals surface area contributed by atoms with E-state index in [1.807, 2.05) is 111 Å². The van der Waals surface area contributed by atoms with E-state index in [2.05, 4.69) is 10.6 Å². The highest BCUT2D eigenvalue weighted by molar-refractivity contribution is 7.99. The van der Waals surface area contributed by atoms with Crippen LogP contribution in [0.4, 0.5) is 11.4 Å². The van der Waals surface area contributed by atoms with Gasteiger partial charge in [0.2, 0.25) is 0 Å². The molecule has 1 aliphatic rings. The molecule has 0 atom stereocenters. The summed E-state index contributed by atoms with van der Waals surface area (Å²) in [4.78, 5) is 32.2. The Balaban J connectivity index is 1.40. The first-order valence-electron chi connectivity index (χ1n) is 13.8. The zero-order valence-electron chi connectivity index (χ0n) is 23.7. The van der Waals surface area contributed by atoms with Crippen molar-refractivity contribution in [1.29, 1.82) is 0 Å². The lowest BCUT2D eigenvalue weighted by atomic mass is 10.0. The van der Waals surface area contributed by atoms with Gasteiger partial charge >= 0.3 is 0 Å². The molecule has 0 saturated carbocycles. The molecule has 5 aromatic rings. The summed E-state index contributed by atoms with van der Waals surface area (Å²) in [6.45, 7) is 4.76. The summed E-state index contributed by atoms with van der Waals surface area (Å²) in [6, 6.07) is 30.8. The van der Waals surface area contributed by atoms with E-state index in [0.29, 0.717) is 16.4 Å². The smallest absolute Gasteiger partial charge is 0.270 e. The van der Waals surface area contributed by atoms with Gasteiger partial charge in [0.05, 0.1) is 11.4 Å². The molecule has 2 amide bonds. The fraction of sp³-hybridized carbons (Fsp3) is 0.114. The predicted molar refractivity (Wildman–Crippen MR) is 182 cm³/mol. The molecule has 6 rings (SSSR count). The Morgan fingerprint density at radius 3 is 2.19 bits per heavy atom. The number of carbonyl (C=O) groups is 2. The Labute approximate surface area is 265 Å². The first-order valence-corrected chi connectivity index (χ1v) is 15.6. The molecule has 214 valence electrons. The third-order valence-electron chi connectivity index (χ3n) is 7.55. The van der Waals surface area contributed by atoms with Crippen LogP contribution in [0.3, 0.4) is 0 Å². The second-order valence-electron chi connectivity index (χ2n) is 10.3. The van der Waals surface area contributed by atoms with Gasteiger partial charge < -0.3 is 4.57 Å². The van der Waals surface area contributed by atoms with Gasteiger partial charge in [-0.25, -0.2) is 0 Å². The minimum absolute atomic E-state index is 0.0501. The molecular weight excluding hydrogens is 594 g/mol. The molecule has 0 spiro atoms. The summed E-state index contributed by atoms with van der Waals surface area (Å²) in [5, 5.41) is 1.81. The number of rotatable bonds is 7. The highest BCUT2D eigenvalue weighted by atomic mass is 35.5. The van der Waals surface area contributed by atoms with Crippen molar-refractivity contribution < 1.29 is 9.59 Å². The lowest BCUT2D eigenvalue weighted by Gasteiger charge is -2.36. The number of thioether (sulfide) groups is 1. The van der Waals surface area contributed by atoms with E-state index in [9.17, 15) is 9.59 Å². The van der Waals surface area contributed by atoms with E-state index in [-0.39, 0.29) is 10.7 Å². The average Bonchev–Trinajstić information content (AvgIpc) is 3.36. The molecule has 5 nitrogen and oxygen atoms in total. The van der Waals surface area contributed by atoms with E-state index in [1.54, 1.807) is 17.8 Å². The number of hydrogen-bond donors (Lipinski definition) is 0. The number of aromatic nitrogens is 1. The van der Waals surface area contributed by atoms with Gasteiger partial charge in [-0.3, -0.25) is 19.4 Å². The van der Waals surface area contributed by atoms with Crippen LogP contribution < -0.4 is 9.80 Å². The van der Waals surface area contributed by atoms with Gasteiger partial charge in [-0.1, -0.05) is 54.1 Å². The Morgan fingerprint density at radius 2 is 1.47 bits per heavy atom. The number of nitrogens with zero attached hydrogens (tertiary/aromatic N) is 3. The number of halogens is 1. The molecule has 1 fully saturated rings. The number of carbonyl (C=O) groups excluding carboxylic acids is 2. The van der Waals surface area contributed by atoms with Crippen LogP contribution in [-0.2, 0) is 16.1 Å². The third-order valence-corrected chi connectivity index (χ3v) is 9.16. The van der Waals surface area contributed by atoms with Crippen molar-refractivity contribution in [3.05, 3.63) is 131 Å².